The molecule has 4 heterocycles. The van der Waals surface area contributed by atoms with Gasteiger partial charge in [0.15, 0.2) is 5.82 Å². The molecule has 0 bridgehead atoms. The molecule has 0 aromatic carbocycles. The number of nitrogens with zero attached hydrogens (tertiary/aromatic N) is 5. The largest absolute Gasteiger partial charge is 0.375 e. The highest BCUT2D eigenvalue weighted by Crippen LogP contribution is 2.31. The second-order valence-corrected chi connectivity index (χ2v) is 6.21. The van der Waals surface area contributed by atoms with E-state index in [0.717, 1.165) is 44.0 Å². The molecule has 0 N–H and O–H groups in total. The van der Waals surface area contributed by atoms with Crippen LogP contribution in [0.15, 0.2) is 22.9 Å². The van der Waals surface area contributed by atoms with E-state index in [4.69, 9.17) is 9.26 Å². The molecule has 0 radical (unpaired) electrons. The lowest BCUT2D eigenvalue weighted by molar-refractivity contribution is -0.0687. The second-order valence-electron chi connectivity index (χ2n) is 6.21. The highest BCUT2D eigenvalue weighted by molar-refractivity contribution is 5.69. The van der Waals surface area contributed by atoms with Gasteiger partial charge in [0.1, 0.15) is 5.82 Å². The molecule has 23 heavy (non-hydrogen) atoms. The fraction of sp³-hybridized carbons (Fsp3) is 0.562. The van der Waals surface area contributed by atoms with Gasteiger partial charge in [0.05, 0.1) is 24.3 Å². The monoisotopic (exact) mass is 315 g/mol. The first kappa shape index (κ1) is 14.6. The Labute approximate surface area is 135 Å². The molecule has 0 aliphatic carbocycles. The van der Waals surface area contributed by atoms with Gasteiger partial charge in [0.2, 0.25) is 0 Å². The minimum absolute atomic E-state index is 0.322. The molecule has 2 aliphatic heterocycles. The third-order valence-corrected chi connectivity index (χ3v) is 4.71. The number of fused-ring (bicyclic) bond motifs is 1. The van der Waals surface area contributed by atoms with Crippen molar-refractivity contribution in [2.75, 3.05) is 38.2 Å². The van der Waals surface area contributed by atoms with Gasteiger partial charge in [-0.1, -0.05) is 5.16 Å². The number of pyridine rings is 1. The van der Waals surface area contributed by atoms with Crippen molar-refractivity contribution < 1.29 is 9.26 Å². The SMILES string of the molecule is Cc1noc(-c2cccnc2N2CC[C@@H]3OCCN(C)[C@@H]3C2)n1. The molecule has 2 fully saturated rings. The molecule has 2 aromatic heterocycles. The van der Waals surface area contributed by atoms with E-state index in [2.05, 4.69) is 32.0 Å². The molecule has 7 nitrogen and oxygen atoms in total. The number of hydrogen-bond acceptors (Lipinski definition) is 7. The third-order valence-electron chi connectivity index (χ3n) is 4.71. The van der Waals surface area contributed by atoms with Crippen LogP contribution in [0.5, 0.6) is 0 Å². The molecule has 0 spiro atoms. The average molecular weight is 315 g/mol. The van der Waals surface area contributed by atoms with Gasteiger partial charge in [-0.05, 0) is 32.5 Å². The van der Waals surface area contributed by atoms with Crippen LogP contribution >= 0.6 is 0 Å². The number of aryl methyl sites for hydroxylation is 1. The predicted molar refractivity (Wildman–Crippen MR) is 85.3 cm³/mol. The lowest BCUT2D eigenvalue weighted by atomic mass is 9.99. The van der Waals surface area contributed by atoms with Crippen molar-refractivity contribution >= 4 is 5.82 Å². The standard InChI is InChI=1S/C16H21N5O2/c1-11-18-16(23-19-11)12-4-3-6-17-15(12)21-7-5-14-13(10-21)20(2)8-9-22-14/h3-4,6,13-14H,5,7-10H2,1-2H3/t13-,14+/m1/s1. The molecule has 122 valence electrons. The molecule has 2 atom stereocenters. The normalized spacial score (nSPS) is 25.4. The van der Waals surface area contributed by atoms with Crippen molar-refractivity contribution in [1.29, 1.82) is 0 Å². The van der Waals surface area contributed by atoms with Crippen LogP contribution in [0.4, 0.5) is 5.82 Å². The van der Waals surface area contributed by atoms with Crippen LogP contribution in [0.1, 0.15) is 12.2 Å². The van der Waals surface area contributed by atoms with Gasteiger partial charge < -0.3 is 14.2 Å². The van der Waals surface area contributed by atoms with Crippen LogP contribution < -0.4 is 4.90 Å². The highest BCUT2D eigenvalue weighted by atomic mass is 16.5. The van der Waals surface area contributed by atoms with E-state index in [1.165, 1.54) is 0 Å². The molecule has 0 unspecified atom stereocenters. The summed E-state index contributed by atoms with van der Waals surface area (Å²) in [6.07, 6.45) is 3.14. The van der Waals surface area contributed by atoms with Gasteiger partial charge in [0, 0.05) is 25.8 Å². The Hall–Kier alpha value is -1.99. The van der Waals surface area contributed by atoms with Crippen molar-refractivity contribution in [3.63, 3.8) is 0 Å². The summed E-state index contributed by atoms with van der Waals surface area (Å²) < 4.78 is 11.3. The summed E-state index contributed by atoms with van der Waals surface area (Å²) in [5.41, 5.74) is 0.894. The Morgan fingerprint density at radius 3 is 3.04 bits per heavy atom. The predicted octanol–water partition coefficient (Wildman–Crippen LogP) is 1.35. The van der Waals surface area contributed by atoms with E-state index >= 15 is 0 Å². The van der Waals surface area contributed by atoms with Crippen molar-refractivity contribution in [3.8, 4) is 11.5 Å². The quantitative estimate of drug-likeness (QED) is 0.828. The minimum Gasteiger partial charge on any atom is -0.375 e. The van der Waals surface area contributed by atoms with E-state index in [0.29, 0.717) is 23.9 Å². The summed E-state index contributed by atoms with van der Waals surface area (Å²) in [6, 6.07) is 4.29. The summed E-state index contributed by atoms with van der Waals surface area (Å²) in [5.74, 6) is 2.07. The van der Waals surface area contributed by atoms with Crippen molar-refractivity contribution in [3.05, 3.63) is 24.2 Å². The Morgan fingerprint density at radius 2 is 2.22 bits per heavy atom. The summed E-state index contributed by atoms with van der Waals surface area (Å²) in [6.45, 7) is 5.45. The maximum atomic E-state index is 5.93. The van der Waals surface area contributed by atoms with Crippen molar-refractivity contribution in [2.45, 2.75) is 25.5 Å². The number of aromatic nitrogens is 3. The summed E-state index contributed by atoms with van der Waals surface area (Å²) in [5, 5.41) is 3.90. The zero-order valence-electron chi connectivity index (χ0n) is 13.5. The molecule has 0 amide bonds. The second kappa shape index (κ2) is 5.90. The smallest absolute Gasteiger partial charge is 0.261 e. The minimum atomic E-state index is 0.322. The van der Waals surface area contributed by atoms with Crippen LogP contribution in [-0.2, 0) is 4.74 Å². The van der Waals surface area contributed by atoms with Gasteiger partial charge >= 0.3 is 0 Å². The molecule has 2 aliphatic rings. The molecule has 7 heteroatoms. The van der Waals surface area contributed by atoms with E-state index in [1.54, 1.807) is 0 Å². The highest BCUT2D eigenvalue weighted by Gasteiger charge is 2.36. The molecular formula is C16H21N5O2. The number of morpholine rings is 1. The van der Waals surface area contributed by atoms with Crippen LogP contribution in [0.3, 0.4) is 0 Å². The number of ether oxygens (including phenoxy) is 1. The van der Waals surface area contributed by atoms with Gasteiger partial charge in [0.25, 0.3) is 5.89 Å². The molecule has 0 saturated carbocycles. The average Bonchev–Trinajstić information content (AvgIpc) is 3.01. The van der Waals surface area contributed by atoms with Gasteiger partial charge in [-0.25, -0.2) is 4.98 Å². The van der Waals surface area contributed by atoms with Crippen LogP contribution in [0.25, 0.3) is 11.5 Å². The Bertz CT molecular complexity index is 689. The molecular weight excluding hydrogens is 294 g/mol. The number of rotatable bonds is 2. The molecule has 4 rings (SSSR count). The Morgan fingerprint density at radius 1 is 1.30 bits per heavy atom. The maximum absolute atomic E-state index is 5.93. The molecule has 2 aromatic rings. The number of likely N-dealkylation sites (N-methyl/N-ethyl adjacent to an activating group) is 1. The van der Waals surface area contributed by atoms with Crippen molar-refractivity contribution in [2.24, 2.45) is 0 Å². The van der Waals surface area contributed by atoms with E-state index < -0.39 is 0 Å². The van der Waals surface area contributed by atoms with Gasteiger partial charge in [-0.2, -0.15) is 4.98 Å². The third kappa shape index (κ3) is 2.70. The van der Waals surface area contributed by atoms with Gasteiger partial charge in [-0.15, -0.1) is 0 Å². The maximum Gasteiger partial charge on any atom is 0.261 e. The number of piperidine rings is 1. The zero-order valence-corrected chi connectivity index (χ0v) is 13.5. The summed E-state index contributed by atoms with van der Waals surface area (Å²) in [7, 11) is 2.17. The fourth-order valence-corrected chi connectivity index (χ4v) is 3.46. The first-order valence-corrected chi connectivity index (χ1v) is 8.05. The lowest BCUT2D eigenvalue weighted by Gasteiger charge is -2.46. The zero-order chi connectivity index (χ0) is 15.8. The summed E-state index contributed by atoms with van der Waals surface area (Å²) >= 11 is 0. The molecule has 2 saturated heterocycles. The van der Waals surface area contributed by atoms with E-state index in [1.807, 2.05) is 25.3 Å². The van der Waals surface area contributed by atoms with E-state index in [-0.39, 0.29) is 0 Å². The first-order chi connectivity index (χ1) is 11.2. The number of anilines is 1. The lowest BCUT2D eigenvalue weighted by Crippen LogP contribution is -2.59. The fourth-order valence-electron chi connectivity index (χ4n) is 3.46. The van der Waals surface area contributed by atoms with Crippen LogP contribution in [0, 0.1) is 6.92 Å². The first-order valence-electron chi connectivity index (χ1n) is 8.05. The topological polar surface area (TPSA) is 67.5 Å². The van der Waals surface area contributed by atoms with Crippen LogP contribution in [-0.4, -0.2) is 65.5 Å². The summed E-state index contributed by atoms with van der Waals surface area (Å²) in [4.78, 5) is 13.6. The van der Waals surface area contributed by atoms with Crippen LogP contribution in [0.2, 0.25) is 0 Å². The Kier molecular flexibility index (Phi) is 3.74. The van der Waals surface area contributed by atoms with Gasteiger partial charge in [-0.3, -0.25) is 4.90 Å². The number of hydrogen-bond donors (Lipinski definition) is 0. The van der Waals surface area contributed by atoms with Crippen molar-refractivity contribution in [1.82, 2.24) is 20.0 Å². The Balaban J connectivity index is 1.63. The van der Waals surface area contributed by atoms with E-state index in [9.17, 15) is 0 Å².